The van der Waals surface area contributed by atoms with Crippen LogP contribution in [0, 0.1) is 0 Å². The van der Waals surface area contributed by atoms with Gasteiger partial charge in [-0.2, -0.15) is 0 Å². The van der Waals surface area contributed by atoms with E-state index in [0.717, 1.165) is 25.4 Å². The molecule has 5 heteroatoms. The van der Waals surface area contributed by atoms with Crippen LogP contribution in [0.5, 0.6) is 5.75 Å². The van der Waals surface area contributed by atoms with Crippen LogP contribution in [0.3, 0.4) is 0 Å². The molecule has 0 amide bonds. The number of likely N-dealkylation sites (tertiary alicyclic amines) is 1. The Bertz CT molecular complexity index is 505. The van der Waals surface area contributed by atoms with Gasteiger partial charge < -0.3 is 4.74 Å². The molecule has 0 radical (unpaired) electrons. The van der Waals surface area contributed by atoms with Crippen molar-refractivity contribution < 1.29 is 4.74 Å². The molecule has 5 nitrogen and oxygen atoms in total. The van der Waals surface area contributed by atoms with Crippen LogP contribution in [-0.4, -0.2) is 40.1 Å². The molecule has 0 bridgehead atoms. The molecule has 0 atom stereocenters. The van der Waals surface area contributed by atoms with Crippen LogP contribution in [0.25, 0.3) is 0 Å². The van der Waals surface area contributed by atoms with Gasteiger partial charge in [0.1, 0.15) is 5.75 Å². The highest BCUT2D eigenvalue weighted by atomic mass is 16.5. The third-order valence-corrected chi connectivity index (χ3v) is 3.29. The summed E-state index contributed by atoms with van der Waals surface area (Å²) in [5.41, 5.74) is 1.28. The summed E-state index contributed by atoms with van der Waals surface area (Å²) in [5, 5.41) is 7.86. The van der Waals surface area contributed by atoms with E-state index >= 15 is 0 Å². The largest absolute Gasteiger partial charge is 0.497 e. The van der Waals surface area contributed by atoms with Gasteiger partial charge in [-0.3, -0.25) is 4.90 Å². The topological polar surface area (TPSA) is 43.2 Å². The fourth-order valence-electron chi connectivity index (χ4n) is 2.28. The Balaban J connectivity index is 1.56. The van der Waals surface area contributed by atoms with Crippen molar-refractivity contribution in [2.75, 3.05) is 20.2 Å². The van der Waals surface area contributed by atoms with Gasteiger partial charge >= 0.3 is 0 Å². The molecule has 94 valence electrons. The summed E-state index contributed by atoms with van der Waals surface area (Å²) in [6, 6.07) is 8.69. The van der Waals surface area contributed by atoms with E-state index in [1.165, 1.54) is 5.56 Å². The zero-order valence-electron chi connectivity index (χ0n) is 10.4. The number of nitrogens with zero attached hydrogens (tertiary/aromatic N) is 4. The van der Waals surface area contributed by atoms with E-state index in [2.05, 4.69) is 27.3 Å². The highest BCUT2D eigenvalue weighted by molar-refractivity contribution is 5.28. The summed E-state index contributed by atoms with van der Waals surface area (Å²) in [6.45, 7) is 3.02. The fraction of sp³-hybridized carbons (Fsp3) is 0.385. The van der Waals surface area contributed by atoms with Crippen molar-refractivity contribution in [2.45, 2.75) is 12.6 Å². The third-order valence-electron chi connectivity index (χ3n) is 3.29. The molecule has 18 heavy (non-hydrogen) atoms. The van der Waals surface area contributed by atoms with Gasteiger partial charge in [-0.15, -0.1) is 5.10 Å². The first-order valence-corrected chi connectivity index (χ1v) is 6.06. The van der Waals surface area contributed by atoms with Gasteiger partial charge in [-0.1, -0.05) is 17.3 Å². The van der Waals surface area contributed by atoms with E-state index in [-0.39, 0.29) is 0 Å². The summed E-state index contributed by atoms with van der Waals surface area (Å²) in [5.74, 6) is 0.917. The van der Waals surface area contributed by atoms with Gasteiger partial charge in [-0.25, -0.2) is 4.68 Å². The van der Waals surface area contributed by atoms with Crippen LogP contribution in [-0.2, 0) is 6.54 Å². The van der Waals surface area contributed by atoms with Crippen LogP contribution in [0.2, 0.25) is 0 Å². The summed E-state index contributed by atoms with van der Waals surface area (Å²) in [6.07, 6.45) is 3.65. The molecule has 1 aromatic heterocycles. The Labute approximate surface area is 106 Å². The molecule has 0 unspecified atom stereocenters. The molecule has 2 heterocycles. The lowest BCUT2D eigenvalue weighted by atomic mass is 10.1. The van der Waals surface area contributed by atoms with Gasteiger partial charge in [0.25, 0.3) is 0 Å². The highest BCUT2D eigenvalue weighted by Gasteiger charge is 2.28. The van der Waals surface area contributed by atoms with Crippen LogP contribution in [0.1, 0.15) is 11.6 Å². The van der Waals surface area contributed by atoms with Gasteiger partial charge in [0.15, 0.2) is 0 Å². The summed E-state index contributed by atoms with van der Waals surface area (Å²) >= 11 is 0. The third kappa shape index (κ3) is 2.22. The van der Waals surface area contributed by atoms with E-state index in [0.29, 0.717) is 6.04 Å². The van der Waals surface area contributed by atoms with E-state index in [4.69, 9.17) is 4.74 Å². The zero-order valence-corrected chi connectivity index (χ0v) is 10.4. The molecule has 1 aliphatic rings. The van der Waals surface area contributed by atoms with Crippen molar-refractivity contribution in [1.29, 1.82) is 0 Å². The van der Waals surface area contributed by atoms with E-state index in [1.807, 2.05) is 23.0 Å². The van der Waals surface area contributed by atoms with Gasteiger partial charge in [0.2, 0.25) is 0 Å². The lowest BCUT2D eigenvalue weighted by Gasteiger charge is -2.38. The van der Waals surface area contributed by atoms with E-state index in [9.17, 15) is 0 Å². The zero-order chi connectivity index (χ0) is 12.4. The SMILES string of the molecule is COc1cccc(CN2CC(n3ccnn3)C2)c1. The van der Waals surface area contributed by atoms with Crippen molar-refractivity contribution >= 4 is 0 Å². The summed E-state index contributed by atoms with van der Waals surface area (Å²) < 4.78 is 7.16. The maximum absolute atomic E-state index is 5.23. The molecule has 1 fully saturated rings. The second kappa shape index (κ2) is 4.78. The molecule has 0 saturated carbocycles. The standard InChI is InChI=1S/C13H16N4O/c1-18-13-4-2-3-11(7-13)8-16-9-12(10-16)17-6-5-14-15-17/h2-7,12H,8-10H2,1H3. The molecule has 0 N–H and O–H groups in total. The van der Waals surface area contributed by atoms with Gasteiger partial charge in [-0.05, 0) is 17.7 Å². The molecule has 3 rings (SSSR count). The summed E-state index contributed by atoms with van der Waals surface area (Å²) in [7, 11) is 1.70. The average Bonchev–Trinajstić information content (AvgIpc) is 2.87. The monoisotopic (exact) mass is 244 g/mol. The first-order valence-electron chi connectivity index (χ1n) is 6.06. The molecular formula is C13H16N4O. The Morgan fingerprint density at radius 1 is 1.39 bits per heavy atom. The summed E-state index contributed by atoms with van der Waals surface area (Å²) in [4.78, 5) is 2.39. The lowest BCUT2D eigenvalue weighted by Crippen LogP contribution is -2.47. The Hall–Kier alpha value is -1.88. The second-order valence-corrected chi connectivity index (χ2v) is 4.58. The molecule has 1 saturated heterocycles. The lowest BCUT2D eigenvalue weighted by molar-refractivity contribution is 0.0896. The van der Waals surface area contributed by atoms with Crippen molar-refractivity contribution in [2.24, 2.45) is 0 Å². The van der Waals surface area contributed by atoms with Crippen molar-refractivity contribution in [3.8, 4) is 5.75 Å². The average molecular weight is 244 g/mol. The van der Waals surface area contributed by atoms with E-state index < -0.39 is 0 Å². The van der Waals surface area contributed by atoms with Crippen LogP contribution in [0.15, 0.2) is 36.7 Å². The molecular weight excluding hydrogens is 228 g/mol. The molecule has 1 aliphatic heterocycles. The minimum absolute atomic E-state index is 0.470. The first kappa shape index (κ1) is 11.2. The fourth-order valence-corrected chi connectivity index (χ4v) is 2.28. The number of rotatable bonds is 4. The van der Waals surface area contributed by atoms with Crippen LogP contribution >= 0.6 is 0 Å². The predicted octanol–water partition coefficient (Wildman–Crippen LogP) is 1.34. The van der Waals surface area contributed by atoms with Crippen molar-refractivity contribution in [3.05, 3.63) is 42.2 Å². The first-order chi connectivity index (χ1) is 8.85. The van der Waals surface area contributed by atoms with Crippen molar-refractivity contribution in [1.82, 2.24) is 19.9 Å². The number of ether oxygens (including phenoxy) is 1. The number of methoxy groups -OCH3 is 1. The van der Waals surface area contributed by atoms with Crippen LogP contribution in [0.4, 0.5) is 0 Å². The van der Waals surface area contributed by atoms with Gasteiger partial charge in [0, 0.05) is 25.8 Å². The maximum Gasteiger partial charge on any atom is 0.119 e. The highest BCUT2D eigenvalue weighted by Crippen LogP contribution is 2.23. The van der Waals surface area contributed by atoms with Gasteiger partial charge in [0.05, 0.1) is 19.3 Å². The maximum atomic E-state index is 5.23. The number of benzene rings is 1. The quantitative estimate of drug-likeness (QED) is 0.814. The smallest absolute Gasteiger partial charge is 0.119 e. The van der Waals surface area contributed by atoms with Crippen LogP contribution < -0.4 is 4.74 Å². The molecule has 2 aromatic rings. The van der Waals surface area contributed by atoms with Crippen molar-refractivity contribution in [3.63, 3.8) is 0 Å². The molecule has 0 spiro atoms. The normalized spacial score (nSPS) is 16.5. The molecule has 0 aliphatic carbocycles. The minimum Gasteiger partial charge on any atom is -0.497 e. The van der Waals surface area contributed by atoms with E-state index in [1.54, 1.807) is 13.3 Å². The minimum atomic E-state index is 0.470. The number of hydrogen-bond acceptors (Lipinski definition) is 4. The number of hydrogen-bond donors (Lipinski definition) is 0. The number of aromatic nitrogens is 3. The Kier molecular flexibility index (Phi) is 2.98. The second-order valence-electron chi connectivity index (χ2n) is 4.58. The molecule has 1 aromatic carbocycles. The predicted molar refractivity (Wildman–Crippen MR) is 67.3 cm³/mol. The Morgan fingerprint density at radius 2 is 2.28 bits per heavy atom. The Morgan fingerprint density at radius 3 is 3.00 bits per heavy atom.